The minimum Gasteiger partial charge on any atom is -0.314 e. The molecule has 0 aliphatic rings. The van der Waals surface area contributed by atoms with Gasteiger partial charge >= 0.3 is 0 Å². The van der Waals surface area contributed by atoms with Crippen LogP contribution in [0.15, 0.2) is 12.1 Å². The zero-order chi connectivity index (χ0) is 10.0. The molecule has 1 N–H and O–H groups in total. The first-order valence-electron chi connectivity index (χ1n) is 3.86. The smallest absolute Gasteiger partial charge is 0.133 e. The van der Waals surface area contributed by atoms with Crippen LogP contribution in [0.25, 0.3) is 0 Å². The molecule has 0 atom stereocenters. The van der Waals surface area contributed by atoms with Gasteiger partial charge in [-0.15, -0.1) is 0 Å². The second-order valence-corrected chi connectivity index (χ2v) is 2.97. The fourth-order valence-electron chi connectivity index (χ4n) is 1.09. The number of halogens is 2. The first-order chi connectivity index (χ1) is 6.02. The van der Waals surface area contributed by atoms with Crippen molar-refractivity contribution in [2.45, 2.75) is 13.5 Å². The Kier molecular flexibility index (Phi) is 2.95. The standard InChI is InChI=1S/C9H11F2NO/c1-6-3-4-8(10)7(9(6)11)5-12(2)13/h3-4,13H,5H2,1-2H3. The SMILES string of the molecule is Cc1ccc(F)c(CN(C)O)c1F. The summed E-state index contributed by atoms with van der Waals surface area (Å²) in [6.45, 7) is 1.40. The predicted molar refractivity (Wildman–Crippen MR) is 44.3 cm³/mol. The van der Waals surface area contributed by atoms with Crippen molar-refractivity contribution < 1.29 is 14.0 Å². The highest BCUT2D eigenvalue weighted by Gasteiger charge is 2.12. The molecule has 13 heavy (non-hydrogen) atoms. The molecule has 1 rings (SSSR count). The van der Waals surface area contributed by atoms with Crippen LogP contribution in [0.2, 0.25) is 0 Å². The van der Waals surface area contributed by atoms with E-state index in [0.29, 0.717) is 5.56 Å². The van der Waals surface area contributed by atoms with Gasteiger partial charge in [0.15, 0.2) is 0 Å². The second kappa shape index (κ2) is 3.81. The molecule has 0 aliphatic carbocycles. The summed E-state index contributed by atoms with van der Waals surface area (Å²) in [5.74, 6) is -1.23. The number of hydroxylamine groups is 2. The Morgan fingerprint density at radius 3 is 2.54 bits per heavy atom. The van der Waals surface area contributed by atoms with E-state index in [1.807, 2.05) is 0 Å². The van der Waals surface area contributed by atoms with Gasteiger partial charge in [0.05, 0.1) is 6.54 Å². The molecule has 0 aromatic heterocycles. The maximum Gasteiger partial charge on any atom is 0.133 e. The van der Waals surface area contributed by atoms with Crippen molar-refractivity contribution in [1.82, 2.24) is 5.06 Å². The quantitative estimate of drug-likeness (QED) is 0.716. The maximum atomic E-state index is 13.2. The van der Waals surface area contributed by atoms with Crippen LogP contribution in [0.3, 0.4) is 0 Å². The molecule has 1 aromatic rings. The Labute approximate surface area is 75.4 Å². The Hall–Kier alpha value is -1.00. The lowest BCUT2D eigenvalue weighted by atomic mass is 10.1. The van der Waals surface area contributed by atoms with Gasteiger partial charge in [-0.3, -0.25) is 0 Å². The van der Waals surface area contributed by atoms with Crippen LogP contribution in [0.5, 0.6) is 0 Å². The average Bonchev–Trinajstić information content (AvgIpc) is 2.05. The van der Waals surface area contributed by atoms with E-state index in [1.54, 1.807) is 6.92 Å². The molecule has 0 saturated carbocycles. The zero-order valence-corrected chi connectivity index (χ0v) is 7.51. The van der Waals surface area contributed by atoms with E-state index in [1.165, 1.54) is 19.2 Å². The van der Waals surface area contributed by atoms with Crippen molar-refractivity contribution in [2.75, 3.05) is 7.05 Å². The summed E-state index contributed by atoms with van der Waals surface area (Å²) in [6, 6.07) is 2.56. The Morgan fingerprint density at radius 2 is 2.00 bits per heavy atom. The lowest BCUT2D eigenvalue weighted by Crippen LogP contribution is -2.14. The van der Waals surface area contributed by atoms with Crippen molar-refractivity contribution in [3.05, 3.63) is 34.9 Å². The third kappa shape index (κ3) is 2.23. The molecular formula is C9H11F2NO. The highest BCUT2D eigenvalue weighted by atomic mass is 19.1. The largest absolute Gasteiger partial charge is 0.314 e. The number of rotatable bonds is 2. The predicted octanol–water partition coefficient (Wildman–Crippen LogP) is 2.09. The molecule has 0 fully saturated rings. The van der Waals surface area contributed by atoms with Gasteiger partial charge in [-0.2, -0.15) is 5.06 Å². The van der Waals surface area contributed by atoms with Crippen molar-refractivity contribution in [3.8, 4) is 0 Å². The summed E-state index contributed by atoms with van der Waals surface area (Å²) >= 11 is 0. The van der Waals surface area contributed by atoms with Crippen LogP contribution in [0.4, 0.5) is 8.78 Å². The Balaban J connectivity index is 3.10. The van der Waals surface area contributed by atoms with Gasteiger partial charge in [-0.05, 0) is 18.6 Å². The van der Waals surface area contributed by atoms with Crippen LogP contribution in [0.1, 0.15) is 11.1 Å². The molecule has 0 heterocycles. The number of hydrogen-bond acceptors (Lipinski definition) is 2. The van der Waals surface area contributed by atoms with Gasteiger partial charge in [0.1, 0.15) is 11.6 Å². The number of aryl methyl sites for hydroxylation is 1. The summed E-state index contributed by atoms with van der Waals surface area (Å²) < 4.78 is 26.3. The van der Waals surface area contributed by atoms with Crippen molar-refractivity contribution in [3.63, 3.8) is 0 Å². The van der Waals surface area contributed by atoms with Gasteiger partial charge in [0.25, 0.3) is 0 Å². The monoisotopic (exact) mass is 187 g/mol. The molecule has 4 heteroatoms. The molecule has 0 amide bonds. The van der Waals surface area contributed by atoms with Gasteiger partial charge < -0.3 is 5.21 Å². The molecule has 72 valence electrons. The summed E-state index contributed by atoms with van der Waals surface area (Å²) in [5, 5.41) is 9.58. The summed E-state index contributed by atoms with van der Waals surface area (Å²) in [4.78, 5) is 0. The Morgan fingerprint density at radius 1 is 1.38 bits per heavy atom. The fourth-order valence-corrected chi connectivity index (χ4v) is 1.09. The van der Waals surface area contributed by atoms with E-state index in [9.17, 15) is 8.78 Å². The minimum absolute atomic E-state index is 0.106. The van der Waals surface area contributed by atoms with Crippen LogP contribution < -0.4 is 0 Å². The molecule has 0 bridgehead atoms. The number of hydrogen-bond donors (Lipinski definition) is 1. The first kappa shape index (κ1) is 10.1. The molecule has 0 unspecified atom stereocenters. The summed E-state index contributed by atoms with van der Waals surface area (Å²) in [7, 11) is 1.33. The van der Waals surface area contributed by atoms with Crippen molar-refractivity contribution in [2.24, 2.45) is 0 Å². The van der Waals surface area contributed by atoms with Gasteiger partial charge in [-0.25, -0.2) is 8.78 Å². The van der Waals surface area contributed by atoms with Crippen LogP contribution in [-0.2, 0) is 6.54 Å². The van der Waals surface area contributed by atoms with E-state index in [0.717, 1.165) is 5.06 Å². The Bertz CT molecular complexity index is 313. The lowest BCUT2D eigenvalue weighted by molar-refractivity contribution is -0.0746. The third-order valence-electron chi connectivity index (χ3n) is 1.77. The summed E-state index contributed by atoms with van der Waals surface area (Å²) in [5.41, 5.74) is 0.267. The van der Waals surface area contributed by atoms with Gasteiger partial charge in [0.2, 0.25) is 0 Å². The number of nitrogens with zero attached hydrogens (tertiary/aromatic N) is 1. The normalized spacial score (nSPS) is 10.9. The topological polar surface area (TPSA) is 23.5 Å². The molecule has 0 radical (unpaired) electrons. The van der Waals surface area contributed by atoms with E-state index in [-0.39, 0.29) is 12.1 Å². The van der Waals surface area contributed by atoms with Gasteiger partial charge in [0, 0.05) is 12.6 Å². The molecule has 1 aromatic carbocycles. The second-order valence-electron chi connectivity index (χ2n) is 2.97. The average molecular weight is 187 g/mol. The highest BCUT2D eigenvalue weighted by Crippen LogP contribution is 2.16. The highest BCUT2D eigenvalue weighted by molar-refractivity contribution is 5.26. The van der Waals surface area contributed by atoms with Crippen LogP contribution in [-0.4, -0.2) is 17.3 Å². The van der Waals surface area contributed by atoms with Crippen molar-refractivity contribution >= 4 is 0 Å². The summed E-state index contributed by atoms with van der Waals surface area (Å²) in [6.07, 6.45) is 0. The minimum atomic E-state index is -0.635. The molecule has 0 aliphatic heterocycles. The fraction of sp³-hybridized carbons (Fsp3) is 0.333. The van der Waals surface area contributed by atoms with E-state index in [4.69, 9.17) is 5.21 Å². The van der Waals surface area contributed by atoms with Crippen LogP contribution >= 0.6 is 0 Å². The molecule has 0 spiro atoms. The molecular weight excluding hydrogens is 176 g/mol. The van der Waals surface area contributed by atoms with E-state index >= 15 is 0 Å². The lowest BCUT2D eigenvalue weighted by Gasteiger charge is -2.10. The first-order valence-corrected chi connectivity index (χ1v) is 3.86. The zero-order valence-electron chi connectivity index (χ0n) is 7.51. The van der Waals surface area contributed by atoms with Gasteiger partial charge in [-0.1, -0.05) is 6.07 Å². The van der Waals surface area contributed by atoms with E-state index < -0.39 is 11.6 Å². The van der Waals surface area contributed by atoms with Crippen molar-refractivity contribution in [1.29, 1.82) is 0 Å². The maximum absolute atomic E-state index is 13.2. The number of benzene rings is 1. The van der Waals surface area contributed by atoms with Crippen LogP contribution in [0, 0.1) is 18.6 Å². The molecule has 0 saturated heterocycles. The van der Waals surface area contributed by atoms with E-state index in [2.05, 4.69) is 0 Å². The molecule has 2 nitrogen and oxygen atoms in total. The third-order valence-corrected chi connectivity index (χ3v) is 1.77.